The van der Waals surface area contributed by atoms with Gasteiger partial charge in [-0.2, -0.15) is 0 Å². The third kappa shape index (κ3) is 5.14. The van der Waals surface area contributed by atoms with E-state index in [2.05, 4.69) is 4.90 Å². The smallest absolute Gasteiger partial charge is 0.254 e. The lowest BCUT2D eigenvalue weighted by atomic mass is 10.1. The molecule has 0 spiro atoms. The molecule has 0 radical (unpaired) electrons. The Morgan fingerprint density at radius 1 is 1.10 bits per heavy atom. The molecule has 0 bridgehead atoms. The van der Waals surface area contributed by atoms with E-state index in [1.165, 1.54) is 6.07 Å². The molecule has 1 unspecified atom stereocenters. The standard InChI is InChI=1S/C23H27FN2O3/c24-22-9-2-1-5-19(22)16-25-10-12-26(13-11-25)23(27)18-6-3-7-20(15-18)29-17-21-8-4-14-28-21/h1-3,5-7,9,15,21H,4,8,10-14,16-17H2. The van der Waals surface area contributed by atoms with E-state index in [1.54, 1.807) is 6.07 Å². The topological polar surface area (TPSA) is 42.0 Å². The van der Waals surface area contributed by atoms with Gasteiger partial charge in [-0.1, -0.05) is 24.3 Å². The first kappa shape index (κ1) is 19.9. The highest BCUT2D eigenvalue weighted by Crippen LogP contribution is 2.19. The van der Waals surface area contributed by atoms with Crippen molar-refractivity contribution >= 4 is 5.91 Å². The van der Waals surface area contributed by atoms with Gasteiger partial charge in [-0.25, -0.2) is 4.39 Å². The number of piperazine rings is 1. The molecule has 1 atom stereocenters. The first-order valence-electron chi connectivity index (χ1n) is 10.3. The van der Waals surface area contributed by atoms with Crippen LogP contribution in [0.3, 0.4) is 0 Å². The fourth-order valence-corrected chi connectivity index (χ4v) is 3.84. The fraction of sp³-hybridized carbons (Fsp3) is 0.435. The zero-order valence-corrected chi connectivity index (χ0v) is 16.6. The van der Waals surface area contributed by atoms with Crippen LogP contribution >= 0.6 is 0 Å². The van der Waals surface area contributed by atoms with Gasteiger partial charge in [0.2, 0.25) is 0 Å². The second-order valence-corrected chi connectivity index (χ2v) is 7.63. The van der Waals surface area contributed by atoms with Crippen LogP contribution in [0.5, 0.6) is 5.75 Å². The summed E-state index contributed by atoms with van der Waals surface area (Å²) >= 11 is 0. The van der Waals surface area contributed by atoms with E-state index in [0.29, 0.717) is 43.1 Å². The molecular formula is C23H27FN2O3. The Morgan fingerprint density at radius 3 is 2.69 bits per heavy atom. The van der Waals surface area contributed by atoms with E-state index in [0.717, 1.165) is 32.5 Å². The van der Waals surface area contributed by atoms with Crippen LogP contribution in [0.1, 0.15) is 28.8 Å². The van der Waals surface area contributed by atoms with Crippen molar-refractivity contribution in [2.45, 2.75) is 25.5 Å². The monoisotopic (exact) mass is 398 g/mol. The number of hydrogen-bond acceptors (Lipinski definition) is 4. The lowest BCUT2D eigenvalue weighted by molar-refractivity contribution is 0.0623. The summed E-state index contributed by atoms with van der Waals surface area (Å²) in [5.41, 5.74) is 1.33. The number of rotatable bonds is 6. The van der Waals surface area contributed by atoms with Crippen LogP contribution in [0.15, 0.2) is 48.5 Å². The van der Waals surface area contributed by atoms with Crippen LogP contribution in [0, 0.1) is 5.82 Å². The van der Waals surface area contributed by atoms with Gasteiger partial charge in [0.05, 0.1) is 6.10 Å². The van der Waals surface area contributed by atoms with E-state index >= 15 is 0 Å². The summed E-state index contributed by atoms with van der Waals surface area (Å²) < 4.78 is 25.3. The van der Waals surface area contributed by atoms with Gasteiger partial charge in [-0.3, -0.25) is 9.69 Å². The average Bonchev–Trinajstić information content (AvgIpc) is 3.28. The number of amides is 1. The molecule has 6 heteroatoms. The number of halogens is 1. The van der Waals surface area contributed by atoms with Crippen molar-refractivity contribution < 1.29 is 18.7 Å². The van der Waals surface area contributed by atoms with Crippen molar-refractivity contribution in [2.75, 3.05) is 39.4 Å². The largest absolute Gasteiger partial charge is 0.491 e. The second kappa shape index (κ2) is 9.37. The number of hydrogen-bond donors (Lipinski definition) is 0. The van der Waals surface area contributed by atoms with E-state index in [9.17, 15) is 9.18 Å². The molecule has 4 rings (SSSR count). The second-order valence-electron chi connectivity index (χ2n) is 7.63. The number of benzene rings is 2. The average molecular weight is 398 g/mol. The summed E-state index contributed by atoms with van der Waals surface area (Å²) in [4.78, 5) is 16.9. The molecule has 0 N–H and O–H groups in total. The van der Waals surface area contributed by atoms with Crippen molar-refractivity contribution in [3.63, 3.8) is 0 Å². The summed E-state index contributed by atoms with van der Waals surface area (Å²) in [6.07, 6.45) is 2.25. The molecule has 2 aromatic carbocycles. The van der Waals surface area contributed by atoms with Gasteiger partial charge in [-0.15, -0.1) is 0 Å². The summed E-state index contributed by atoms with van der Waals surface area (Å²) in [6, 6.07) is 14.2. The van der Waals surface area contributed by atoms with Gasteiger partial charge < -0.3 is 14.4 Å². The van der Waals surface area contributed by atoms with Gasteiger partial charge in [0.15, 0.2) is 0 Å². The van der Waals surface area contributed by atoms with E-state index in [4.69, 9.17) is 9.47 Å². The Hall–Kier alpha value is -2.44. The third-order valence-electron chi connectivity index (χ3n) is 5.55. The molecule has 2 aromatic rings. The van der Waals surface area contributed by atoms with E-state index in [-0.39, 0.29) is 17.8 Å². The Balaban J connectivity index is 1.30. The molecule has 2 fully saturated rings. The van der Waals surface area contributed by atoms with Crippen LogP contribution in [-0.4, -0.2) is 61.2 Å². The van der Waals surface area contributed by atoms with Crippen molar-refractivity contribution in [1.29, 1.82) is 0 Å². The molecule has 5 nitrogen and oxygen atoms in total. The number of carbonyl (C=O) groups excluding carboxylic acids is 1. The van der Waals surface area contributed by atoms with Crippen LogP contribution in [0.25, 0.3) is 0 Å². The van der Waals surface area contributed by atoms with Crippen molar-refractivity contribution in [1.82, 2.24) is 9.80 Å². The predicted molar refractivity (Wildman–Crippen MR) is 108 cm³/mol. The fourth-order valence-electron chi connectivity index (χ4n) is 3.84. The Kier molecular flexibility index (Phi) is 6.42. The number of ether oxygens (including phenoxy) is 2. The maximum atomic E-state index is 13.9. The van der Waals surface area contributed by atoms with E-state index in [1.807, 2.05) is 41.3 Å². The highest BCUT2D eigenvalue weighted by atomic mass is 19.1. The number of nitrogens with zero attached hydrogens (tertiary/aromatic N) is 2. The predicted octanol–water partition coefficient (Wildman–Crippen LogP) is 3.34. The SMILES string of the molecule is O=C(c1cccc(OCC2CCCO2)c1)N1CCN(Cc2ccccc2F)CC1. The summed E-state index contributed by atoms with van der Waals surface area (Å²) in [5, 5.41) is 0. The van der Waals surface area contributed by atoms with Crippen LogP contribution < -0.4 is 4.74 Å². The Labute approximate surface area is 171 Å². The van der Waals surface area contributed by atoms with Crippen molar-refractivity contribution in [2.24, 2.45) is 0 Å². The number of carbonyl (C=O) groups is 1. The lowest BCUT2D eigenvalue weighted by Gasteiger charge is -2.34. The van der Waals surface area contributed by atoms with Crippen LogP contribution in [0.4, 0.5) is 4.39 Å². The molecule has 0 aromatic heterocycles. The van der Waals surface area contributed by atoms with Crippen molar-refractivity contribution in [3.8, 4) is 5.75 Å². The van der Waals surface area contributed by atoms with Gasteiger partial charge in [0.1, 0.15) is 18.2 Å². The highest BCUT2D eigenvalue weighted by molar-refractivity contribution is 5.94. The van der Waals surface area contributed by atoms with Crippen molar-refractivity contribution in [3.05, 3.63) is 65.5 Å². The molecular weight excluding hydrogens is 371 g/mol. The molecule has 2 aliphatic rings. The summed E-state index contributed by atoms with van der Waals surface area (Å²) in [7, 11) is 0. The molecule has 2 aliphatic heterocycles. The lowest BCUT2D eigenvalue weighted by Crippen LogP contribution is -2.48. The molecule has 0 saturated carbocycles. The maximum absolute atomic E-state index is 13.9. The van der Waals surface area contributed by atoms with Gasteiger partial charge in [0, 0.05) is 50.5 Å². The third-order valence-corrected chi connectivity index (χ3v) is 5.55. The molecule has 29 heavy (non-hydrogen) atoms. The first-order chi connectivity index (χ1) is 14.2. The van der Waals surface area contributed by atoms with Crippen LogP contribution in [0.2, 0.25) is 0 Å². The molecule has 1 amide bonds. The first-order valence-corrected chi connectivity index (χ1v) is 10.3. The summed E-state index contributed by atoms with van der Waals surface area (Å²) in [6.45, 7) is 4.62. The molecule has 154 valence electrons. The van der Waals surface area contributed by atoms with E-state index < -0.39 is 0 Å². The quantitative estimate of drug-likeness (QED) is 0.749. The maximum Gasteiger partial charge on any atom is 0.254 e. The minimum Gasteiger partial charge on any atom is -0.491 e. The normalized spacial score (nSPS) is 20.0. The Morgan fingerprint density at radius 2 is 1.93 bits per heavy atom. The zero-order chi connectivity index (χ0) is 20.1. The molecule has 2 saturated heterocycles. The minimum atomic E-state index is -0.175. The van der Waals surface area contributed by atoms with Crippen LogP contribution in [-0.2, 0) is 11.3 Å². The van der Waals surface area contributed by atoms with Gasteiger partial charge in [-0.05, 0) is 37.1 Å². The minimum absolute atomic E-state index is 0.0121. The zero-order valence-electron chi connectivity index (χ0n) is 16.6. The van der Waals surface area contributed by atoms with Gasteiger partial charge in [0.25, 0.3) is 5.91 Å². The molecule has 0 aliphatic carbocycles. The summed E-state index contributed by atoms with van der Waals surface area (Å²) in [5.74, 6) is 0.536. The highest BCUT2D eigenvalue weighted by Gasteiger charge is 2.23. The van der Waals surface area contributed by atoms with Gasteiger partial charge >= 0.3 is 0 Å². The molecule has 2 heterocycles. The Bertz CT molecular complexity index is 830.